The Balaban J connectivity index is 0.000000240. The fraction of sp³-hybridized carbons (Fsp3) is 0.100. The molecule has 48 heavy (non-hydrogen) atoms. The number of rotatable bonds is 4. The predicted octanol–water partition coefficient (Wildman–Crippen LogP) is 10.1. The summed E-state index contributed by atoms with van der Waals surface area (Å²) in [5, 5.41) is 0. The van der Waals surface area contributed by atoms with E-state index in [0.717, 1.165) is 39.7 Å². The number of benzene rings is 4. The summed E-state index contributed by atoms with van der Waals surface area (Å²) in [6, 6.07) is 46.4. The summed E-state index contributed by atoms with van der Waals surface area (Å²) in [7, 11) is 0. The smallest absolute Gasteiger partial charge is 0.274 e. The van der Waals surface area contributed by atoms with Gasteiger partial charge < -0.3 is 9.80 Å². The van der Waals surface area contributed by atoms with Gasteiger partial charge in [0.1, 0.15) is 17.2 Å². The van der Waals surface area contributed by atoms with Crippen molar-refractivity contribution >= 4 is 58.0 Å². The second-order valence-corrected chi connectivity index (χ2v) is 10.6. The van der Waals surface area contributed by atoms with Crippen molar-refractivity contribution in [3.05, 3.63) is 170 Å². The van der Waals surface area contributed by atoms with Gasteiger partial charge in [0.25, 0.3) is 12.0 Å². The van der Waals surface area contributed by atoms with Crippen LogP contribution in [0.4, 0.5) is 22.9 Å². The van der Waals surface area contributed by atoms with E-state index in [1.807, 2.05) is 67.0 Å². The minimum atomic E-state index is 0. The zero-order chi connectivity index (χ0) is 29.9. The molecule has 1 aliphatic heterocycles. The first kappa shape index (κ1) is 38.1. The van der Waals surface area contributed by atoms with Crippen molar-refractivity contribution < 1.29 is 24.7 Å². The van der Waals surface area contributed by atoms with E-state index in [4.69, 9.17) is 0 Å². The van der Waals surface area contributed by atoms with Crippen LogP contribution in [-0.2, 0) is 20.1 Å². The SMILES string of the molecule is C.C.Cc1ccccc1-[n+]1cn(-c2ccccc2)c2ncccc21.Cc1ccccc1N1[CH-]N(c2[c-]cccc2)c2ncccc21.I.[Ir]. The minimum absolute atomic E-state index is 0. The summed E-state index contributed by atoms with van der Waals surface area (Å²) >= 11 is 0. The van der Waals surface area contributed by atoms with Crippen molar-refractivity contribution in [3.63, 3.8) is 0 Å². The number of fused-ring (bicyclic) bond motifs is 2. The molecule has 0 N–H and O–H groups in total. The molecule has 8 rings (SSSR count). The van der Waals surface area contributed by atoms with Crippen LogP contribution in [0.3, 0.4) is 0 Å². The van der Waals surface area contributed by atoms with Crippen LogP contribution in [0.15, 0.2) is 146 Å². The van der Waals surface area contributed by atoms with Gasteiger partial charge in [0, 0.05) is 38.2 Å². The average Bonchev–Trinajstić information content (AvgIpc) is 3.66. The van der Waals surface area contributed by atoms with Crippen LogP contribution in [0.2, 0.25) is 0 Å². The molecule has 4 aromatic carbocycles. The molecular formula is C40H40IIrN6-. The molecule has 0 unspecified atom stereocenters. The topological polar surface area (TPSA) is 41.1 Å². The Bertz CT molecular complexity index is 2050. The van der Waals surface area contributed by atoms with E-state index >= 15 is 0 Å². The van der Waals surface area contributed by atoms with Gasteiger partial charge >= 0.3 is 0 Å². The van der Waals surface area contributed by atoms with Gasteiger partial charge in [-0.3, -0.25) is 0 Å². The third-order valence-corrected chi connectivity index (χ3v) is 7.71. The zero-order valence-electron chi connectivity index (χ0n) is 25.4. The van der Waals surface area contributed by atoms with Crippen LogP contribution in [0.25, 0.3) is 22.5 Å². The Labute approximate surface area is 315 Å². The van der Waals surface area contributed by atoms with Crippen LogP contribution < -0.4 is 14.4 Å². The summed E-state index contributed by atoms with van der Waals surface area (Å²) in [5.41, 5.74) is 10.0. The summed E-state index contributed by atoms with van der Waals surface area (Å²) in [6.07, 6.45) is 5.77. The molecule has 0 amide bonds. The molecular weight excluding hydrogens is 884 g/mol. The van der Waals surface area contributed by atoms with Gasteiger partial charge in [0.05, 0.1) is 5.69 Å². The maximum absolute atomic E-state index is 4.58. The van der Waals surface area contributed by atoms with Gasteiger partial charge in [0.2, 0.25) is 0 Å². The van der Waals surface area contributed by atoms with Gasteiger partial charge in [-0.05, 0) is 73.5 Å². The summed E-state index contributed by atoms with van der Waals surface area (Å²) in [4.78, 5) is 13.4. The number of para-hydroxylation sites is 4. The molecule has 6 nitrogen and oxygen atoms in total. The Morgan fingerprint density at radius 1 is 0.646 bits per heavy atom. The van der Waals surface area contributed by atoms with Crippen molar-refractivity contribution in [2.75, 3.05) is 9.80 Å². The predicted molar refractivity (Wildman–Crippen MR) is 205 cm³/mol. The molecule has 0 saturated carbocycles. The van der Waals surface area contributed by atoms with Crippen LogP contribution >= 0.6 is 24.0 Å². The van der Waals surface area contributed by atoms with E-state index in [-0.39, 0.29) is 58.9 Å². The molecule has 7 aromatic rings. The Morgan fingerprint density at radius 3 is 2.02 bits per heavy atom. The number of imidazole rings is 1. The van der Waals surface area contributed by atoms with E-state index < -0.39 is 0 Å². The van der Waals surface area contributed by atoms with E-state index in [1.165, 1.54) is 16.8 Å². The summed E-state index contributed by atoms with van der Waals surface area (Å²) < 4.78 is 4.33. The second-order valence-electron chi connectivity index (χ2n) is 10.6. The maximum atomic E-state index is 4.58. The molecule has 8 heteroatoms. The fourth-order valence-corrected chi connectivity index (χ4v) is 5.53. The van der Waals surface area contributed by atoms with Gasteiger partial charge in [-0.25, -0.2) is 9.97 Å². The molecule has 3 aromatic heterocycles. The van der Waals surface area contributed by atoms with Crippen LogP contribution in [0.5, 0.6) is 0 Å². The third-order valence-electron chi connectivity index (χ3n) is 7.71. The van der Waals surface area contributed by atoms with E-state index in [2.05, 4.69) is 135 Å². The molecule has 1 aliphatic rings. The minimum Gasteiger partial charge on any atom is -0.478 e. The number of aromatic nitrogens is 4. The van der Waals surface area contributed by atoms with E-state index in [0.29, 0.717) is 0 Å². The van der Waals surface area contributed by atoms with Crippen LogP contribution in [0, 0.1) is 26.6 Å². The first-order valence-electron chi connectivity index (χ1n) is 14.6. The van der Waals surface area contributed by atoms with Crippen LogP contribution in [0.1, 0.15) is 26.0 Å². The van der Waals surface area contributed by atoms with Gasteiger partial charge in [0.15, 0.2) is 5.52 Å². The van der Waals surface area contributed by atoms with E-state index in [9.17, 15) is 0 Å². The number of aryl methyl sites for hydroxylation is 2. The molecule has 0 bridgehead atoms. The second kappa shape index (κ2) is 17.2. The Kier molecular flexibility index (Phi) is 13.6. The fourth-order valence-electron chi connectivity index (χ4n) is 5.53. The summed E-state index contributed by atoms with van der Waals surface area (Å²) in [6.45, 7) is 6.33. The summed E-state index contributed by atoms with van der Waals surface area (Å²) in [5.74, 6) is 0.924. The van der Waals surface area contributed by atoms with Crippen molar-refractivity contribution in [2.24, 2.45) is 0 Å². The number of hydrogen-bond acceptors (Lipinski definition) is 4. The van der Waals surface area contributed by atoms with Gasteiger partial charge in [-0.15, -0.1) is 36.3 Å². The molecule has 247 valence electrons. The standard InChI is InChI=1S/C19H16N3.C19H15N3.2CH4.HI.Ir/c2*1-15-8-5-6-11-17(15)22-14-21(16-9-3-2-4-10-16)19-18(22)12-7-13-20-19;;;;/h2-14H,1H3;2-9,11-14H,1H3;2*1H4;1H;/q+1;-2;;;;. The largest absolute Gasteiger partial charge is 0.478 e. The number of hydrogen-bond donors (Lipinski definition) is 0. The Morgan fingerprint density at radius 2 is 1.29 bits per heavy atom. The maximum Gasteiger partial charge on any atom is 0.274 e. The van der Waals surface area contributed by atoms with Crippen molar-refractivity contribution in [2.45, 2.75) is 28.7 Å². The van der Waals surface area contributed by atoms with E-state index in [1.54, 1.807) is 0 Å². The molecule has 0 saturated heterocycles. The van der Waals surface area contributed by atoms with Crippen molar-refractivity contribution in [1.82, 2.24) is 14.5 Å². The number of anilines is 4. The monoisotopic (exact) mass is 924 g/mol. The molecule has 0 spiro atoms. The normalized spacial score (nSPS) is 11.1. The molecule has 1 radical (unpaired) electrons. The van der Waals surface area contributed by atoms with Gasteiger partial charge in [-0.2, -0.15) is 39.5 Å². The number of pyridine rings is 2. The molecule has 0 aliphatic carbocycles. The Hall–Kier alpha value is -4.37. The first-order valence-corrected chi connectivity index (χ1v) is 14.6. The van der Waals surface area contributed by atoms with Gasteiger partial charge in [-0.1, -0.05) is 69.5 Å². The van der Waals surface area contributed by atoms with Crippen molar-refractivity contribution in [1.29, 1.82) is 0 Å². The average molecular weight is 924 g/mol. The quantitative estimate of drug-likeness (QED) is 0.100. The molecule has 0 fully saturated rings. The molecule has 0 atom stereocenters. The molecule has 4 heterocycles. The zero-order valence-corrected chi connectivity index (χ0v) is 30.1. The van der Waals surface area contributed by atoms with Crippen molar-refractivity contribution in [3.8, 4) is 11.4 Å². The number of halogens is 1. The third kappa shape index (κ3) is 7.51. The van der Waals surface area contributed by atoms with Crippen LogP contribution in [-0.4, -0.2) is 14.5 Å². The first-order chi connectivity index (χ1) is 21.7. The number of nitrogens with zero attached hydrogens (tertiary/aromatic N) is 6.